The Morgan fingerprint density at radius 2 is 1.91 bits per heavy atom. The van der Waals surface area contributed by atoms with Gasteiger partial charge in [0.1, 0.15) is 23.0 Å². The van der Waals surface area contributed by atoms with E-state index in [0.29, 0.717) is 17.2 Å². The molecule has 1 saturated carbocycles. The molecule has 32 heavy (non-hydrogen) atoms. The molecule has 0 saturated heterocycles. The van der Waals surface area contributed by atoms with Crippen molar-refractivity contribution in [2.24, 2.45) is 0 Å². The van der Waals surface area contributed by atoms with Crippen LogP contribution >= 0.6 is 0 Å². The van der Waals surface area contributed by atoms with Crippen molar-refractivity contribution >= 4 is 5.91 Å². The van der Waals surface area contributed by atoms with Gasteiger partial charge in [0.05, 0.1) is 20.8 Å². The van der Waals surface area contributed by atoms with Crippen molar-refractivity contribution in [1.29, 1.82) is 0 Å². The first kappa shape index (κ1) is 21.5. The van der Waals surface area contributed by atoms with E-state index in [1.165, 1.54) is 16.8 Å². The first-order valence-electron chi connectivity index (χ1n) is 10.3. The third kappa shape index (κ3) is 4.21. The fourth-order valence-corrected chi connectivity index (χ4v) is 3.64. The minimum atomic E-state index is -0.497. The van der Waals surface area contributed by atoms with Crippen LogP contribution in [0.1, 0.15) is 34.6 Å². The van der Waals surface area contributed by atoms with Gasteiger partial charge in [-0.1, -0.05) is 12.1 Å². The summed E-state index contributed by atoms with van der Waals surface area (Å²) in [5.41, 5.74) is 0.625. The Bertz CT molecular complexity index is 1220. The third-order valence-corrected chi connectivity index (χ3v) is 5.47. The summed E-state index contributed by atoms with van der Waals surface area (Å²) >= 11 is 0. The topological polar surface area (TPSA) is 73.7 Å². The Morgan fingerprint density at radius 3 is 2.56 bits per heavy atom. The van der Waals surface area contributed by atoms with Gasteiger partial charge < -0.3 is 14.4 Å². The molecule has 0 N–H and O–H groups in total. The molecule has 0 aliphatic heterocycles. The molecule has 8 heteroatoms. The van der Waals surface area contributed by atoms with Crippen LogP contribution in [0.4, 0.5) is 4.39 Å². The molecule has 0 spiro atoms. The molecule has 166 valence electrons. The number of methoxy groups -OCH3 is 2. The van der Waals surface area contributed by atoms with Crippen LogP contribution in [0, 0.1) is 12.7 Å². The number of aryl methyl sites for hydroxylation is 1. The molecule has 1 amide bonds. The summed E-state index contributed by atoms with van der Waals surface area (Å²) in [7, 11) is 3.12. The van der Waals surface area contributed by atoms with Crippen molar-refractivity contribution in [2.75, 3.05) is 14.2 Å². The van der Waals surface area contributed by atoms with E-state index in [2.05, 4.69) is 5.10 Å². The van der Waals surface area contributed by atoms with E-state index in [1.54, 1.807) is 56.4 Å². The zero-order chi connectivity index (χ0) is 22.8. The second-order valence-corrected chi connectivity index (χ2v) is 7.70. The molecule has 0 unspecified atom stereocenters. The number of benzene rings is 2. The largest absolute Gasteiger partial charge is 0.497 e. The van der Waals surface area contributed by atoms with E-state index in [1.807, 2.05) is 6.07 Å². The van der Waals surface area contributed by atoms with E-state index in [9.17, 15) is 14.0 Å². The molecule has 1 aliphatic carbocycles. The van der Waals surface area contributed by atoms with Crippen molar-refractivity contribution in [2.45, 2.75) is 32.4 Å². The molecule has 0 bridgehead atoms. The maximum atomic E-state index is 14.4. The molecule has 3 aromatic rings. The molecular weight excluding hydrogens is 413 g/mol. The van der Waals surface area contributed by atoms with Gasteiger partial charge in [-0.3, -0.25) is 9.59 Å². The van der Waals surface area contributed by atoms with Gasteiger partial charge >= 0.3 is 0 Å². The standard InChI is InChI=1S/C24H24FN3O4/c1-15-12-21(29)23(26-28(15)20-7-5-4-6-19(20)25)24(30)27(17-8-9-17)14-16-13-18(31-2)10-11-22(16)32-3/h4-7,10-13,17H,8-9,14H2,1-3H3. The highest BCUT2D eigenvalue weighted by Crippen LogP contribution is 2.32. The van der Waals surface area contributed by atoms with Crippen molar-refractivity contribution in [3.63, 3.8) is 0 Å². The summed E-state index contributed by atoms with van der Waals surface area (Å²) in [5.74, 6) is 0.266. The van der Waals surface area contributed by atoms with Crippen LogP contribution in [0.15, 0.2) is 53.3 Å². The van der Waals surface area contributed by atoms with Crippen molar-refractivity contribution in [3.8, 4) is 17.2 Å². The monoisotopic (exact) mass is 437 g/mol. The van der Waals surface area contributed by atoms with Gasteiger partial charge in [-0.15, -0.1) is 0 Å². The van der Waals surface area contributed by atoms with Gasteiger partial charge in [0, 0.05) is 23.4 Å². The number of rotatable bonds is 7. The number of ether oxygens (including phenoxy) is 2. The number of nitrogens with zero attached hydrogens (tertiary/aromatic N) is 3. The molecular formula is C24H24FN3O4. The smallest absolute Gasteiger partial charge is 0.278 e. The number of carbonyl (C=O) groups is 1. The molecule has 1 fully saturated rings. The molecule has 1 aliphatic rings. The van der Waals surface area contributed by atoms with Crippen LogP contribution in [-0.2, 0) is 6.54 Å². The first-order chi connectivity index (χ1) is 15.4. The zero-order valence-corrected chi connectivity index (χ0v) is 18.2. The lowest BCUT2D eigenvalue weighted by Crippen LogP contribution is -2.37. The number of hydrogen-bond donors (Lipinski definition) is 0. The van der Waals surface area contributed by atoms with Gasteiger partial charge in [-0.2, -0.15) is 5.10 Å². The van der Waals surface area contributed by atoms with Gasteiger partial charge in [-0.25, -0.2) is 9.07 Å². The normalized spacial score (nSPS) is 13.0. The quantitative estimate of drug-likeness (QED) is 0.566. The van der Waals surface area contributed by atoms with Gasteiger partial charge in [0.15, 0.2) is 5.69 Å². The van der Waals surface area contributed by atoms with E-state index >= 15 is 0 Å². The number of para-hydroxylation sites is 1. The van der Waals surface area contributed by atoms with Crippen LogP contribution in [0.5, 0.6) is 11.5 Å². The van der Waals surface area contributed by atoms with Gasteiger partial charge in [0.25, 0.3) is 5.91 Å². The van der Waals surface area contributed by atoms with E-state index in [0.717, 1.165) is 18.4 Å². The first-order valence-corrected chi connectivity index (χ1v) is 10.3. The van der Waals surface area contributed by atoms with Crippen LogP contribution in [0.25, 0.3) is 5.69 Å². The second kappa shape index (κ2) is 8.82. The summed E-state index contributed by atoms with van der Waals surface area (Å²) in [6, 6.07) is 12.8. The summed E-state index contributed by atoms with van der Waals surface area (Å²) in [4.78, 5) is 27.8. The lowest BCUT2D eigenvalue weighted by Gasteiger charge is -2.24. The molecule has 2 aromatic carbocycles. The average molecular weight is 437 g/mol. The highest BCUT2D eigenvalue weighted by molar-refractivity contribution is 5.92. The fourth-order valence-electron chi connectivity index (χ4n) is 3.64. The second-order valence-electron chi connectivity index (χ2n) is 7.70. The van der Waals surface area contributed by atoms with Crippen molar-refractivity contribution < 1.29 is 18.7 Å². The van der Waals surface area contributed by atoms with E-state index in [-0.39, 0.29) is 24.0 Å². The summed E-state index contributed by atoms with van der Waals surface area (Å²) in [6.07, 6.45) is 1.68. The molecule has 4 rings (SSSR count). The number of carbonyl (C=O) groups excluding carboxylic acids is 1. The highest BCUT2D eigenvalue weighted by atomic mass is 19.1. The molecule has 1 aromatic heterocycles. The van der Waals surface area contributed by atoms with Crippen LogP contribution in [0.2, 0.25) is 0 Å². The van der Waals surface area contributed by atoms with Crippen LogP contribution in [-0.4, -0.2) is 40.8 Å². The Kier molecular flexibility index (Phi) is 5.94. The van der Waals surface area contributed by atoms with Crippen molar-refractivity contribution in [1.82, 2.24) is 14.7 Å². The van der Waals surface area contributed by atoms with E-state index in [4.69, 9.17) is 9.47 Å². The molecule has 0 radical (unpaired) electrons. The number of amides is 1. The SMILES string of the molecule is COc1ccc(OC)c(CN(C(=O)c2nn(-c3ccccc3F)c(C)cc2=O)C2CC2)c1. The number of halogens is 1. The average Bonchev–Trinajstić information content (AvgIpc) is 3.63. The lowest BCUT2D eigenvalue weighted by atomic mass is 10.1. The minimum absolute atomic E-state index is 0.00261. The van der Waals surface area contributed by atoms with Gasteiger partial charge in [0.2, 0.25) is 5.43 Å². The Labute approximate surface area is 185 Å². The van der Waals surface area contributed by atoms with E-state index < -0.39 is 17.2 Å². The number of hydrogen-bond acceptors (Lipinski definition) is 5. The highest BCUT2D eigenvalue weighted by Gasteiger charge is 2.35. The molecule has 0 atom stereocenters. The predicted molar refractivity (Wildman–Crippen MR) is 117 cm³/mol. The molecule has 7 nitrogen and oxygen atoms in total. The zero-order valence-electron chi connectivity index (χ0n) is 18.2. The summed E-state index contributed by atoms with van der Waals surface area (Å²) in [6.45, 7) is 1.88. The Balaban J connectivity index is 1.73. The predicted octanol–water partition coefficient (Wildman–Crippen LogP) is 3.50. The maximum absolute atomic E-state index is 14.4. The fraction of sp³-hybridized carbons (Fsp3) is 0.292. The minimum Gasteiger partial charge on any atom is -0.497 e. The Hall–Kier alpha value is -3.68. The summed E-state index contributed by atoms with van der Waals surface area (Å²) in [5, 5.41) is 4.27. The van der Waals surface area contributed by atoms with Crippen LogP contribution < -0.4 is 14.9 Å². The number of aromatic nitrogens is 2. The molecule has 1 heterocycles. The van der Waals surface area contributed by atoms with Crippen molar-refractivity contribution in [3.05, 3.63) is 81.5 Å². The third-order valence-electron chi connectivity index (χ3n) is 5.47. The maximum Gasteiger partial charge on any atom is 0.278 e. The van der Waals surface area contributed by atoms with Crippen LogP contribution in [0.3, 0.4) is 0 Å². The summed E-state index contributed by atoms with van der Waals surface area (Å²) < 4.78 is 26.4. The lowest BCUT2D eigenvalue weighted by molar-refractivity contribution is 0.0719. The Morgan fingerprint density at radius 1 is 1.16 bits per heavy atom. The van der Waals surface area contributed by atoms with Gasteiger partial charge in [-0.05, 0) is 50.1 Å².